The second kappa shape index (κ2) is 12.4. The van der Waals surface area contributed by atoms with Crippen LogP contribution in [0.4, 0.5) is 17.1 Å². The fraction of sp³-hybridized carbons (Fsp3) is 0. The van der Waals surface area contributed by atoms with Crippen molar-refractivity contribution in [2.75, 3.05) is 4.90 Å². The van der Waals surface area contributed by atoms with Crippen LogP contribution in [0.5, 0.6) is 0 Å². The van der Waals surface area contributed by atoms with Crippen molar-refractivity contribution in [1.29, 1.82) is 0 Å². The summed E-state index contributed by atoms with van der Waals surface area (Å²) in [6, 6.07) is 78.7. The smallest absolute Gasteiger partial charge is 0.0546 e. The molecule has 0 unspecified atom stereocenters. The van der Waals surface area contributed by atoms with E-state index >= 15 is 0 Å². The standard InChI is InChI=1S/C58H35N/c1-5-18-36(19-6-1)51-49-35-47-43-29-16-15-28-42(43)44-30-17-31-45(53(44)47)54(49)52(37-20-7-2-8-21-37)58-48-34-38-22-13-14-27-41(38)56-50(33-32-46(55(48)56)57(51)58)59(39-23-9-3-10-24-39)40-25-11-4-12-26-40/h1-35H. The van der Waals surface area contributed by atoms with Gasteiger partial charge in [0.2, 0.25) is 0 Å². The van der Waals surface area contributed by atoms with Gasteiger partial charge >= 0.3 is 0 Å². The number of para-hydroxylation sites is 2. The lowest BCUT2D eigenvalue weighted by Gasteiger charge is -2.27. The molecule has 272 valence electrons. The van der Waals surface area contributed by atoms with Crippen LogP contribution < -0.4 is 4.90 Å². The van der Waals surface area contributed by atoms with Crippen LogP contribution in [0.15, 0.2) is 212 Å². The third-order valence-corrected chi connectivity index (χ3v) is 12.9. The molecule has 0 heterocycles. The molecule has 0 saturated heterocycles. The summed E-state index contributed by atoms with van der Waals surface area (Å²) in [6.07, 6.45) is 0. The number of anilines is 3. The molecule has 1 nitrogen and oxygen atoms in total. The Morgan fingerprint density at radius 1 is 0.237 bits per heavy atom. The van der Waals surface area contributed by atoms with Gasteiger partial charge in [0.1, 0.15) is 0 Å². The second-order valence-electron chi connectivity index (χ2n) is 15.9. The highest BCUT2D eigenvalue weighted by atomic mass is 15.1. The average molecular weight is 746 g/mol. The Morgan fingerprint density at radius 3 is 1.42 bits per heavy atom. The van der Waals surface area contributed by atoms with Gasteiger partial charge in [-0.1, -0.05) is 170 Å². The monoisotopic (exact) mass is 745 g/mol. The number of nitrogens with zero attached hydrogens (tertiary/aromatic N) is 1. The first-order chi connectivity index (χ1) is 29.3. The van der Waals surface area contributed by atoms with Crippen molar-refractivity contribution in [3.63, 3.8) is 0 Å². The van der Waals surface area contributed by atoms with Crippen LogP contribution in [-0.2, 0) is 0 Å². The summed E-state index contributed by atoms with van der Waals surface area (Å²) >= 11 is 0. The van der Waals surface area contributed by atoms with E-state index in [4.69, 9.17) is 0 Å². The molecule has 0 radical (unpaired) electrons. The zero-order chi connectivity index (χ0) is 38.6. The van der Waals surface area contributed by atoms with E-state index in [1.807, 2.05) is 0 Å². The Morgan fingerprint density at radius 2 is 0.746 bits per heavy atom. The average Bonchev–Trinajstić information content (AvgIpc) is 3.81. The minimum absolute atomic E-state index is 1.13. The Labute approximate surface area is 341 Å². The first kappa shape index (κ1) is 32.4. The van der Waals surface area contributed by atoms with Crippen molar-refractivity contribution in [2.24, 2.45) is 0 Å². The number of hydrogen-bond donors (Lipinski definition) is 0. The summed E-state index contributed by atoms with van der Waals surface area (Å²) in [5.74, 6) is 0. The van der Waals surface area contributed by atoms with Gasteiger partial charge in [-0.05, 0) is 140 Å². The third kappa shape index (κ3) is 4.50. The van der Waals surface area contributed by atoms with E-state index in [9.17, 15) is 0 Å². The molecule has 0 N–H and O–H groups in total. The molecule has 0 aliphatic rings. The molecule has 59 heavy (non-hydrogen) atoms. The lowest BCUT2D eigenvalue weighted by Crippen LogP contribution is -2.10. The number of rotatable bonds is 5. The summed E-state index contributed by atoms with van der Waals surface area (Å²) < 4.78 is 0. The third-order valence-electron chi connectivity index (χ3n) is 12.9. The van der Waals surface area contributed by atoms with Gasteiger partial charge in [-0.15, -0.1) is 0 Å². The van der Waals surface area contributed by atoms with Gasteiger partial charge in [0.15, 0.2) is 0 Å². The minimum Gasteiger partial charge on any atom is -0.310 e. The molecule has 0 amide bonds. The van der Waals surface area contributed by atoms with E-state index < -0.39 is 0 Å². The number of benzene rings is 11. The van der Waals surface area contributed by atoms with Crippen LogP contribution >= 0.6 is 0 Å². The van der Waals surface area contributed by atoms with Gasteiger partial charge < -0.3 is 4.90 Å². The summed E-state index contributed by atoms with van der Waals surface area (Å²) in [5, 5.41) is 20.8. The van der Waals surface area contributed by atoms with E-state index in [0.717, 1.165) is 11.4 Å². The van der Waals surface area contributed by atoms with Crippen molar-refractivity contribution in [3.05, 3.63) is 212 Å². The SMILES string of the molecule is c1ccc(-c2c3cc4c5ccccc5c5cccc(c3c(-c3ccccc3)c3c6cc7ccccc7c7c(N(c8ccccc8)c8ccccc8)ccc(c23)c67)c54)cc1. The highest BCUT2D eigenvalue weighted by Gasteiger charge is 2.28. The van der Waals surface area contributed by atoms with Gasteiger partial charge in [-0.2, -0.15) is 0 Å². The number of hydrogen-bond acceptors (Lipinski definition) is 1. The lowest BCUT2D eigenvalue weighted by atomic mass is 9.84. The molecule has 0 aliphatic heterocycles. The quantitative estimate of drug-likeness (QED) is 0.159. The molecule has 0 spiro atoms. The fourth-order valence-corrected chi connectivity index (χ4v) is 10.6. The maximum atomic E-state index is 2.53. The summed E-state index contributed by atoms with van der Waals surface area (Å²) in [4.78, 5) is 2.44. The Hall–Kier alpha value is -7.74. The molecule has 0 bridgehead atoms. The molecular weight excluding hydrogens is 711 g/mol. The van der Waals surface area contributed by atoms with Crippen LogP contribution in [0.1, 0.15) is 0 Å². The predicted octanol–water partition coefficient (Wildman–Crippen LogP) is 16.6. The molecular formula is C58H35N. The second-order valence-corrected chi connectivity index (χ2v) is 15.9. The fourth-order valence-electron chi connectivity index (χ4n) is 10.6. The largest absolute Gasteiger partial charge is 0.310 e. The number of fused-ring (bicyclic) bond motifs is 10. The van der Waals surface area contributed by atoms with Crippen LogP contribution in [0.3, 0.4) is 0 Å². The molecule has 0 fully saturated rings. The minimum atomic E-state index is 1.13. The zero-order valence-corrected chi connectivity index (χ0v) is 32.2. The topological polar surface area (TPSA) is 3.24 Å². The molecule has 13 aromatic carbocycles. The van der Waals surface area contributed by atoms with E-state index in [2.05, 4.69) is 217 Å². The normalized spacial score (nSPS) is 12.1. The molecule has 0 aromatic heterocycles. The first-order valence-electron chi connectivity index (χ1n) is 20.5. The summed E-state index contributed by atoms with van der Waals surface area (Å²) in [7, 11) is 0. The molecule has 0 atom stereocenters. The van der Waals surface area contributed by atoms with Crippen molar-refractivity contribution in [3.8, 4) is 22.3 Å². The van der Waals surface area contributed by atoms with Crippen LogP contribution in [0.25, 0.3) is 108 Å². The van der Waals surface area contributed by atoms with Gasteiger partial charge in [0.25, 0.3) is 0 Å². The molecule has 13 rings (SSSR count). The van der Waals surface area contributed by atoms with Gasteiger partial charge in [0, 0.05) is 22.1 Å². The summed E-state index contributed by atoms with van der Waals surface area (Å²) in [5.41, 5.74) is 8.48. The van der Waals surface area contributed by atoms with E-state index in [-0.39, 0.29) is 0 Å². The predicted molar refractivity (Wildman–Crippen MR) is 254 cm³/mol. The summed E-state index contributed by atoms with van der Waals surface area (Å²) in [6.45, 7) is 0. The molecule has 1 heteroatoms. The lowest BCUT2D eigenvalue weighted by molar-refractivity contribution is 1.30. The Balaban J connectivity index is 1.33. The van der Waals surface area contributed by atoms with Gasteiger partial charge in [-0.25, -0.2) is 0 Å². The maximum absolute atomic E-state index is 2.53. The Kier molecular flexibility index (Phi) is 6.79. The van der Waals surface area contributed by atoms with E-state index in [1.54, 1.807) is 0 Å². The van der Waals surface area contributed by atoms with E-state index in [0.29, 0.717) is 0 Å². The maximum Gasteiger partial charge on any atom is 0.0546 e. The zero-order valence-electron chi connectivity index (χ0n) is 32.2. The molecule has 0 aliphatic carbocycles. The van der Waals surface area contributed by atoms with Crippen molar-refractivity contribution in [1.82, 2.24) is 0 Å². The highest BCUT2D eigenvalue weighted by Crippen LogP contribution is 2.56. The van der Waals surface area contributed by atoms with Crippen LogP contribution in [-0.4, -0.2) is 0 Å². The van der Waals surface area contributed by atoms with E-state index in [1.165, 1.54) is 114 Å². The van der Waals surface area contributed by atoms with Crippen LogP contribution in [0, 0.1) is 0 Å². The van der Waals surface area contributed by atoms with Gasteiger partial charge in [-0.3, -0.25) is 0 Å². The molecule has 13 aromatic rings. The Bertz CT molecular complexity index is 3700. The van der Waals surface area contributed by atoms with Crippen molar-refractivity contribution < 1.29 is 0 Å². The van der Waals surface area contributed by atoms with Crippen LogP contribution in [0.2, 0.25) is 0 Å². The molecule has 0 saturated carbocycles. The van der Waals surface area contributed by atoms with Gasteiger partial charge in [0.05, 0.1) is 5.69 Å². The van der Waals surface area contributed by atoms with Crippen molar-refractivity contribution in [2.45, 2.75) is 0 Å². The van der Waals surface area contributed by atoms with Crippen molar-refractivity contribution >= 4 is 103 Å². The highest BCUT2D eigenvalue weighted by molar-refractivity contribution is 6.46. The first-order valence-corrected chi connectivity index (χ1v) is 20.5.